The summed E-state index contributed by atoms with van der Waals surface area (Å²) >= 11 is 0. The Morgan fingerprint density at radius 3 is 3.00 bits per heavy atom. The van der Waals surface area contributed by atoms with Crippen molar-refractivity contribution in [3.05, 3.63) is 24.4 Å². The SMILES string of the molecule is Cc1cc(NC(=O)CN2CCCC[C@@H]2Cn2cncn2)n(C)n1. The van der Waals surface area contributed by atoms with Gasteiger partial charge in [0.1, 0.15) is 18.5 Å². The standard InChI is InChI=1S/C15H23N7O/c1-12-7-14(20(2)19-12)18-15(23)9-21-6-4-3-5-13(21)8-22-11-16-10-17-22/h7,10-11,13H,3-6,8-9H2,1-2H3,(H,18,23)/t13-/m1/s1. The molecule has 3 rings (SSSR count). The van der Waals surface area contributed by atoms with Gasteiger partial charge in [0.05, 0.1) is 18.8 Å². The Morgan fingerprint density at radius 1 is 1.43 bits per heavy atom. The van der Waals surface area contributed by atoms with Crippen molar-refractivity contribution in [2.75, 3.05) is 18.4 Å². The van der Waals surface area contributed by atoms with Gasteiger partial charge in [0, 0.05) is 19.2 Å². The maximum absolute atomic E-state index is 12.4. The van der Waals surface area contributed by atoms with Gasteiger partial charge >= 0.3 is 0 Å². The Bertz CT molecular complexity index is 649. The lowest BCUT2D eigenvalue weighted by molar-refractivity contribution is -0.118. The lowest BCUT2D eigenvalue weighted by atomic mass is 10.0. The fourth-order valence-electron chi connectivity index (χ4n) is 3.11. The van der Waals surface area contributed by atoms with E-state index >= 15 is 0 Å². The molecule has 0 radical (unpaired) electrons. The van der Waals surface area contributed by atoms with Crippen molar-refractivity contribution in [2.45, 2.75) is 38.8 Å². The summed E-state index contributed by atoms with van der Waals surface area (Å²) in [6.45, 7) is 4.02. The van der Waals surface area contributed by atoms with Crippen LogP contribution in [0.25, 0.3) is 0 Å². The van der Waals surface area contributed by atoms with Gasteiger partial charge in [-0.15, -0.1) is 0 Å². The highest BCUT2D eigenvalue weighted by Gasteiger charge is 2.25. The van der Waals surface area contributed by atoms with Gasteiger partial charge in [-0.2, -0.15) is 10.2 Å². The Balaban J connectivity index is 1.59. The number of carbonyl (C=O) groups excluding carboxylic acids is 1. The zero-order valence-corrected chi connectivity index (χ0v) is 13.6. The van der Waals surface area contributed by atoms with E-state index in [0.29, 0.717) is 12.6 Å². The molecule has 0 aliphatic carbocycles. The number of nitrogens with one attached hydrogen (secondary N) is 1. The van der Waals surface area contributed by atoms with Crippen LogP contribution < -0.4 is 5.32 Å². The summed E-state index contributed by atoms with van der Waals surface area (Å²) in [7, 11) is 1.83. The minimum absolute atomic E-state index is 0.00140. The van der Waals surface area contributed by atoms with Crippen LogP contribution in [0, 0.1) is 6.92 Å². The van der Waals surface area contributed by atoms with Crippen molar-refractivity contribution in [2.24, 2.45) is 7.05 Å². The van der Waals surface area contributed by atoms with Gasteiger partial charge in [0.2, 0.25) is 5.91 Å². The number of aromatic nitrogens is 5. The van der Waals surface area contributed by atoms with Crippen molar-refractivity contribution in [1.82, 2.24) is 29.4 Å². The van der Waals surface area contributed by atoms with Crippen LogP contribution in [-0.4, -0.2) is 54.5 Å². The lowest BCUT2D eigenvalue weighted by Gasteiger charge is -2.34. The van der Waals surface area contributed by atoms with Crippen molar-refractivity contribution >= 4 is 11.7 Å². The molecule has 1 fully saturated rings. The summed E-state index contributed by atoms with van der Waals surface area (Å²) in [5.74, 6) is 0.732. The number of nitrogens with zero attached hydrogens (tertiary/aromatic N) is 6. The minimum atomic E-state index is -0.00140. The molecular formula is C15H23N7O. The van der Waals surface area contributed by atoms with Crippen molar-refractivity contribution in [3.8, 4) is 0 Å². The molecule has 2 aromatic rings. The van der Waals surface area contributed by atoms with Crippen LogP contribution in [0.1, 0.15) is 25.0 Å². The first kappa shape index (κ1) is 15.7. The molecule has 1 N–H and O–H groups in total. The first-order valence-electron chi connectivity index (χ1n) is 7.99. The summed E-state index contributed by atoms with van der Waals surface area (Å²) in [6, 6.07) is 2.20. The van der Waals surface area contributed by atoms with Gasteiger partial charge in [0.15, 0.2) is 0 Å². The molecule has 0 spiro atoms. The Morgan fingerprint density at radius 2 is 2.30 bits per heavy atom. The molecule has 0 bridgehead atoms. The topological polar surface area (TPSA) is 80.9 Å². The highest BCUT2D eigenvalue weighted by Crippen LogP contribution is 2.18. The summed E-state index contributed by atoms with van der Waals surface area (Å²) < 4.78 is 3.53. The first-order valence-corrected chi connectivity index (χ1v) is 7.99. The van der Waals surface area contributed by atoms with Gasteiger partial charge in [0.25, 0.3) is 0 Å². The van der Waals surface area contributed by atoms with Gasteiger partial charge in [-0.05, 0) is 26.3 Å². The van der Waals surface area contributed by atoms with E-state index in [0.717, 1.165) is 37.4 Å². The summed E-state index contributed by atoms with van der Waals surface area (Å²) in [5.41, 5.74) is 0.893. The summed E-state index contributed by atoms with van der Waals surface area (Å²) in [5, 5.41) is 11.4. The van der Waals surface area contributed by atoms with Crippen molar-refractivity contribution < 1.29 is 4.79 Å². The third kappa shape index (κ3) is 3.95. The van der Waals surface area contributed by atoms with Gasteiger partial charge in [-0.25, -0.2) is 4.98 Å². The first-order chi connectivity index (χ1) is 11.1. The predicted octanol–water partition coefficient (Wildman–Crippen LogP) is 0.813. The second-order valence-corrected chi connectivity index (χ2v) is 6.08. The lowest BCUT2D eigenvalue weighted by Crippen LogP contribution is -2.46. The molecule has 124 valence electrons. The average molecular weight is 317 g/mol. The molecule has 1 saturated heterocycles. The molecule has 23 heavy (non-hydrogen) atoms. The van der Waals surface area contributed by atoms with E-state index in [-0.39, 0.29) is 5.91 Å². The van der Waals surface area contributed by atoms with Gasteiger partial charge < -0.3 is 5.32 Å². The number of carbonyl (C=O) groups is 1. The molecule has 0 saturated carbocycles. The maximum Gasteiger partial charge on any atom is 0.239 e. The number of anilines is 1. The van der Waals surface area contributed by atoms with Crippen molar-refractivity contribution in [1.29, 1.82) is 0 Å². The third-order valence-corrected chi connectivity index (χ3v) is 4.23. The van der Waals surface area contributed by atoms with Gasteiger partial charge in [-0.1, -0.05) is 6.42 Å². The number of aryl methyl sites for hydroxylation is 2. The van der Waals surface area contributed by atoms with Crippen LogP contribution in [-0.2, 0) is 18.4 Å². The molecule has 1 aliphatic heterocycles. The smallest absolute Gasteiger partial charge is 0.239 e. The monoisotopic (exact) mass is 317 g/mol. The van der Waals surface area contributed by atoms with E-state index in [1.807, 2.05) is 24.7 Å². The number of hydrogen-bond acceptors (Lipinski definition) is 5. The van der Waals surface area contributed by atoms with Gasteiger partial charge in [-0.3, -0.25) is 19.1 Å². The summed E-state index contributed by atoms with van der Waals surface area (Å²) in [6.07, 6.45) is 6.68. The second kappa shape index (κ2) is 6.91. The molecule has 0 unspecified atom stereocenters. The molecule has 1 aliphatic rings. The van der Waals surface area contributed by atoms with Crippen molar-refractivity contribution in [3.63, 3.8) is 0 Å². The predicted molar refractivity (Wildman–Crippen MR) is 85.8 cm³/mol. The largest absolute Gasteiger partial charge is 0.310 e. The average Bonchev–Trinajstić information content (AvgIpc) is 3.11. The number of hydrogen-bond donors (Lipinski definition) is 1. The fourth-order valence-corrected chi connectivity index (χ4v) is 3.11. The number of rotatable bonds is 5. The van der Waals surface area contributed by atoms with Crippen LogP contribution in [0.4, 0.5) is 5.82 Å². The number of likely N-dealkylation sites (tertiary alicyclic amines) is 1. The van der Waals surface area contributed by atoms with Crippen LogP contribution in [0.5, 0.6) is 0 Å². The molecule has 3 heterocycles. The zero-order valence-electron chi connectivity index (χ0n) is 13.6. The maximum atomic E-state index is 12.4. The number of amides is 1. The highest BCUT2D eigenvalue weighted by molar-refractivity contribution is 5.91. The Kier molecular flexibility index (Phi) is 4.71. The van der Waals surface area contributed by atoms with E-state index in [9.17, 15) is 4.79 Å². The van der Waals surface area contributed by atoms with Crippen LogP contribution in [0.3, 0.4) is 0 Å². The normalized spacial score (nSPS) is 19.0. The van der Waals surface area contributed by atoms with E-state index in [1.54, 1.807) is 17.3 Å². The summed E-state index contributed by atoms with van der Waals surface area (Å²) in [4.78, 5) is 18.6. The third-order valence-electron chi connectivity index (χ3n) is 4.23. The molecular weight excluding hydrogens is 294 g/mol. The number of piperidine rings is 1. The van der Waals surface area contributed by atoms with E-state index in [4.69, 9.17) is 0 Å². The minimum Gasteiger partial charge on any atom is -0.310 e. The van der Waals surface area contributed by atoms with E-state index in [2.05, 4.69) is 25.4 Å². The Labute approximate surface area is 135 Å². The van der Waals surface area contributed by atoms with E-state index < -0.39 is 0 Å². The highest BCUT2D eigenvalue weighted by atomic mass is 16.2. The molecule has 0 aromatic carbocycles. The fraction of sp³-hybridized carbons (Fsp3) is 0.600. The molecule has 1 atom stereocenters. The van der Waals surface area contributed by atoms with E-state index in [1.165, 1.54) is 6.42 Å². The molecule has 8 heteroatoms. The van der Waals surface area contributed by atoms with Crippen LogP contribution in [0.2, 0.25) is 0 Å². The molecule has 8 nitrogen and oxygen atoms in total. The molecule has 1 amide bonds. The van der Waals surface area contributed by atoms with Crippen LogP contribution >= 0.6 is 0 Å². The second-order valence-electron chi connectivity index (χ2n) is 6.08. The Hall–Kier alpha value is -2.22. The quantitative estimate of drug-likeness (QED) is 0.883. The zero-order chi connectivity index (χ0) is 16.2. The molecule has 2 aromatic heterocycles. The van der Waals surface area contributed by atoms with Crippen LogP contribution in [0.15, 0.2) is 18.7 Å².